The number of rotatable bonds is 9. The van der Waals surface area contributed by atoms with Gasteiger partial charge in [-0.15, -0.1) is 59.7 Å². The van der Waals surface area contributed by atoms with E-state index in [0.29, 0.717) is 5.95 Å². The molecule has 282 valence electrons. The second kappa shape index (κ2) is 17.9. The first-order chi connectivity index (χ1) is 28.3. The average Bonchev–Trinajstić information content (AvgIpc) is 3.61. The Labute approximate surface area is 372 Å². The van der Waals surface area contributed by atoms with Crippen molar-refractivity contribution in [1.82, 2.24) is 24.5 Å². The Bertz CT molecular complexity index is 2790. The summed E-state index contributed by atoms with van der Waals surface area (Å²) in [5.74, 6) is 0.555. The van der Waals surface area contributed by atoms with E-state index in [0.717, 1.165) is 77.1 Å². The summed E-state index contributed by atoms with van der Waals surface area (Å²) in [4.78, 5) is 18.8. The number of pyridine rings is 2. The van der Waals surface area contributed by atoms with Crippen LogP contribution in [0.25, 0.3) is 50.3 Å². The molecule has 0 aliphatic rings. The van der Waals surface area contributed by atoms with E-state index in [4.69, 9.17) is 9.97 Å². The molecule has 4 heterocycles. The Morgan fingerprint density at radius 1 is 0.373 bits per heavy atom. The third kappa shape index (κ3) is 7.93. The number of hydrogen-bond donors (Lipinski definition) is 0. The topological polar surface area (TPSA) is 56.5 Å². The SMILES string of the molecule is [Pd+2].[Pt+2].[c-]1c(B(c2[c-]c3c(cc2)c2ccc(B(c4[c-]c(-c5ccccn5)ccc4)c4ccccc4)[c-]c2n3-c2ncccn2)c2ccccc2)cccc1-c1ccccn1. The molecule has 0 radical (unpaired) electrons. The Kier molecular flexibility index (Phi) is 12.0. The predicted molar refractivity (Wildman–Crippen MR) is 233 cm³/mol. The molecule has 0 fully saturated rings. The van der Waals surface area contributed by atoms with Crippen LogP contribution in [-0.2, 0) is 41.5 Å². The summed E-state index contributed by atoms with van der Waals surface area (Å²) in [5, 5.41) is 2.09. The van der Waals surface area contributed by atoms with Crippen molar-refractivity contribution in [3.05, 3.63) is 213 Å². The van der Waals surface area contributed by atoms with Gasteiger partial charge in [0.05, 0.1) is 0 Å². The molecule has 0 bridgehead atoms. The van der Waals surface area contributed by atoms with Crippen LogP contribution < -0.4 is 32.8 Å². The second-order valence-corrected chi connectivity index (χ2v) is 13.9. The molecule has 0 N–H and O–H groups in total. The fourth-order valence-corrected chi connectivity index (χ4v) is 7.84. The maximum absolute atomic E-state index is 4.78. The average molecular weight is 1020 g/mol. The summed E-state index contributed by atoms with van der Waals surface area (Å²) in [6.45, 7) is -0.294. The standard InChI is InChI=1S/C50H31B2N5.Pd.Pt/c1-3-16-38(17-4-1)51(40-20-11-14-36(32-40)46-22-7-9-28-53-46)42-24-26-44-45-27-25-43(35-49(45)57(48(44)34-42)50-55-30-13-31-56-50)52(39-18-5-2-6-19-39)41-21-12-15-37(33-41)47-23-8-10-29-54-47;;/h1-31H;;/q-4;2*+2. The van der Waals surface area contributed by atoms with Crippen LogP contribution in [-0.4, -0.2) is 37.9 Å². The molecular weight excluding hydrogens is 994 g/mol. The zero-order valence-electron chi connectivity index (χ0n) is 31.4. The number of benzene rings is 6. The van der Waals surface area contributed by atoms with E-state index in [1.807, 2.05) is 54.9 Å². The van der Waals surface area contributed by atoms with Crippen molar-refractivity contribution in [1.29, 1.82) is 0 Å². The summed E-state index contributed by atoms with van der Waals surface area (Å²) in [6.07, 6.45) is 7.20. The normalized spacial score (nSPS) is 10.8. The molecule has 0 aliphatic carbocycles. The van der Waals surface area contributed by atoms with Crippen LogP contribution in [0.3, 0.4) is 0 Å². The molecule has 0 saturated heterocycles. The third-order valence-electron chi connectivity index (χ3n) is 10.4. The van der Waals surface area contributed by atoms with Crippen molar-refractivity contribution in [2.24, 2.45) is 0 Å². The van der Waals surface area contributed by atoms with E-state index >= 15 is 0 Å². The van der Waals surface area contributed by atoms with Crippen LogP contribution in [0.1, 0.15) is 0 Å². The monoisotopic (exact) mass is 1020 g/mol. The molecule has 0 atom stereocenters. The third-order valence-corrected chi connectivity index (χ3v) is 10.4. The zero-order valence-corrected chi connectivity index (χ0v) is 35.2. The van der Waals surface area contributed by atoms with Crippen molar-refractivity contribution in [2.75, 3.05) is 0 Å². The minimum Gasteiger partial charge on any atom is -0.328 e. The van der Waals surface area contributed by atoms with E-state index in [9.17, 15) is 0 Å². The summed E-state index contributed by atoms with van der Waals surface area (Å²) in [6, 6.07) is 71.5. The molecule has 6 aromatic carbocycles. The minimum atomic E-state index is -0.147. The fraction of sp³-hybridized carbons (Fsp3) is 0. The van der Waals surface area contributed by atoms with Crippen molar-refractivity contribution >= 4 is 68.0 Å². The predicted octanol–water partition coefficient (Wildman–Crippen LogP) is 5.93. The van der Waals surface area contributed by atoms with E-state index in [1.54, 1.807) is 12.4 Å². The van der Waals surface area contributed by atoms with Gasteiger partial charge in [0.25, 0.3) is 0 Å². The molecule has 0 aliphatic heterocycles. The molecule has 59 heavy (non-hydrogen) atoms. The maximum atomic E-state index is 4.78. The zero-order chi connectivity index (χ0) is 38.0. The summed E-state index contributed by atoms with van der Waals surface area (Å²) in [5.41, 5.74) is 11.8. The minimum absolute atomic E-state index is 0. The molecule has 4 aromatic heterocycles. The molecule has 0 saturated carbocycles. The summed E-state index contributed by atoms with van der Waals surface area (Å²) < 4.78 is 2.10. The van der Waals surface area contributed by atoms with Gasteiger partial charge >= 0.3 is 41.5 Å². The van der Waals surface area contributed by atoms with E-state index < -0.39 is 0 Å². The van der Waals surface area contributed by atoms with Crippen LogP contribution in [0, 0.1) is 24.3 Å². The van der Waals surface area contributed by atoms with Gasteiger partial charge in [0.2, 0.25) is 5.95 Å². The molecule has 0 amide bonds. The van der Waals surface area contributed by atoms with Gasteiger partial charge in [-0.1, -0.05) is 107 Å². The van der Waals surface area contributed by atoms with Crippen molar-refractivity contribution in [3.8, 4) is 28.5 Å². The molecule has 9 heteroatoms. The van der Waals surface area contributed by atoms with Crippen LogP contribution >= 0.6 is 0 Å². The van der Waals surface area contributed by atoms with Gasteiger partial charge in [-0.05, 0) is 29.6 Å². The van der Waals surface area contributed by atoms with E-state index in [2.05, 4.69) is 160 Å². The molecule has 10 rings (SSSR count). The van der Waals surface area contributed by atoms with Gasteiger partial charge in [-0.3, -0.25) is 0 Å². The van der Waals surface area contributed by atoms with Gasteiger partial charge in [0.15, 0.2) is 13.4 Å². The van der Waals surface area contributed by atoms with E-state index in [-0.39, 0.29) is 54.9 Å². The smallest absolute Gasteiger partial charge is 0.328 e. The fourth-order valence-electron chi connectivity index (χ4n) is 7.84. The Morgan fingerprint density at radius 2 is 0.797 bits per heavy atom. The first-order valence-corrected chi connectivity index (χ1v) is 19.0. The molecule has 0 unspecified atom stereocenters. The summed E-state index contributed by atoms with van der Waals surface area (Å²) in [7, 11) is 0. The van der Waals surface area contributed by atoms with Gasteiger partial charge in [-0.25, -0.2) is 9.97 Å². The summed E-state index contributed by atoms with van der Waals surface area (Å²) >= 11 is 0. The van der Waals surface area contributed by atoms with Gasteiger partial charge in [0, 0.05) is 24.8 Å². The first-order valence-electron chi connectivity index (χ1n) is 19.0. The van der Waals surface area contributed by atoms with Crippen molar-refractivity contribution < 1.29 is 41.5 Å². The largest absolute Gasteiger partial charge is 2.00 e. The van der Waals surface area contributed by atoms with Crippen LogP contribution in [0.2, 0.25) is 0 Å². The maximum Gasteiger partial charge on any atom is 2.00 e. The van der Waals surface area contributed by atoms with Gasteiger partial charge in [-0.2, -0.15) is 69.0 Å². The number of hydrogen-bond acceptors (Lipinski definition) is 4. The van der Waals surface area contributed by atoms with E-state index in [1.165, 1.54) is 0 Å². The number of fused-ring (bicyclic) bond motifs is 3. The quantitative estimate of drug-likeness (QED) is 0.133. The van der Waals surface area contributed by atoms with Crippen LogP contribution in [0.15, 0.2) is 189 Å². The first kappa shape index (κ1) is 39.8. The van der Waals surface area contributed by atoms with Gasteiger partial charge < -0.3 is 14.5 Å². The van der Waals surface area contributed by atoms with Crippen LogP contribution in [0.4, 0.5) is 0 Å². The Morgan fingerprint density at radius 3 is 1.24 bits per heavy atom. The number of nitrogens with zero attached hydrogens (tertiary/aromatic N) is 5. The Balaban J connectivity index is 0.00000242. The van der Waals surface area contributed by atoms with Crippen molar-refractivity contribution in [2.45, 2.75) is 0 Å². The Hall–Kier alpha value is -6.02. The number of aromatic nitrogens is 5. The molecule has 10 aromatic rings. The molecule has 5 nitrogen and oxygen atoms in total. The van der Waals surface area contributed by atoms with Crippen LogP contribution in [0.5, 0.6) is 0 Å². The van der Waals surface area contributed by atoms with Gasteiger partial charge in [0.1, 0.15) is 0 Å². The molecular formula is C50H31B2N5PdPt. The van der Waals surface area contributed by atoms with Crippen molar-refractivity contribution in [3.63, 3.8) is 0 Å². The molecule has 0 spiro atoms. The second-order valence-electron chi connectivity index (χ2n) is 13.9.